The van der Waals surface area contributed by atoms with Crippen LogP contribution in [-0.2, 0) is 9.59 Å². The second kappa shape index (κ2) is 22.6. The summed E-state index contributed by atoms with van der Waals surface area (Å²) >= 11 is 0. The SMILES string of the molecule is Nc1ccc(C(CC(=O)C=Cc2ccc(C(=O)Oc3ccc(OCCCC(F)(F)F)cc3)cc2)C(O)(O)C(=O)C=Cc2ccc(C(=O)Oc3ccc(OCCCC(F)(F)F)cc3)cc2)c(N)c1. The molecule has 1 atom stereocenters. The highest BCUT2D eigenvalue weighted by molar-refractivity contribution is 6.01. The summed E-state index contributed by atoms with van der Waals surface area (Å²) in [6.45, 7) is -0.288. The van der Waals surface area contributed by atoms with Gasteiger partial charge in [0.25, 0.3) is 0 Å². The molecule has 5 aromatic rings. The molecule has 1 unspecified atom stereocenters. The molecule has 0 bridgehead atoms. The van der Waals surface area contributed by atoms with E-state index in [1.807, 2.05) is 0 Å². The number of rotatable bonds is 21. The van der Waals surface area contributed by atoms with Crippen LogP contribution in [-0.4, -0.2) is 65.1 Å². The van der Waals surface area contributed by atoms with E-state index in [1.165, 1.54) is 127 Å². The topological polar surface area (TPSA) is 198 Å². The van der Waals surface area contributed by atoms with Crippen LogP contribution < -0.4 is 30.4 Å². The predicted molar refractivity (Wildman–Crippen MR) is 235 cm³/mol. The highest BCUT2D eigenvalue weighted by Crippen LogP contribution is 2.36. The van der Waals surface area contributed by atoms with Crippen LogP contribution in [0.25, 0.3) is 12.2 Å². The molecule has 0 aliphatic carbocycles. The Balaban J connectivity index is 1.17. The number of nitrogens with two attached hydrogens (primary N) is 2. The Kier molecular flexibility index (Phi) is 17.1. The van der Waals surface area contributed by atoms with Crippen LogP contribution >= 0.6 is 0 Å². The van der Waals surface area contributed by atoms with Crippen molar-refractivity contribution in [3.63, 3.8) is 0 Å². The van der Waals surface area contributed by atoms with Crippen LogP contribution in [0.5, 0.6) is 23.0 Å². The van der Waals surface area contributed by atoms with E-state index in [0.717, 1.165) is 12.2 Å². The minimum atomic E-state index is -4.28. The maximum atomic E-state index is 13.4. The van der Waals surface area contributed by atoms with E-state index in [9.17, 15) is 55.7 Å². The number of hydrogen-bond donors (Lipinski definition) is 4. The van der Waals surface area contributed by atoms with Gasteiger partial charge in [0.1, 0.15) is 23.0 Å². The van der Waals surface area contributed by atoms with Crippen molar-refractivity contribution in [2.45, 2.75) is 56.2 Å². The van der Waals surface area contributed by atoms with E-state index in [4.69, 9.17) is 30.4 Å². The first kappa shape index (κ1) is 50.6. The van der Waals surface area contributed by atoms with Gasteiger partial charge in [0.2, 0.25) is 11.6 Å². The summed E-state index contributed by atoms with van der Waals surface area (Å²) in [4.78, 5) is 52.2. The number of carbonyl (C=O) groups is 4. The fourth-order valence-electron chi connectivity index (χ4n) is 6.23. The van der Waals surface area contributed by atoms with Crippen LogP contribution in [0.3, 0.4) is 0 Å². The summed E-state index contributed by atoms with van der Waals surface area (Å²) in [5.41, 5.74) is 13.4. The summed E-state index contributed by atoms with van der Waals surface area (Å²) in [5, 5.41) is 22.7. The summed E-state index contributed by atoms with van der Waals surface area (Å²) in [7, 11) is 0. The molecule has 12 nitrogen and oxygen atoms in total. The second-order valence-corrected chi connectivity index (χ2v) is 15.0. The number of halogens is 6. The lowest BCUT2D eigenvalue weighted by atomic mass is 9.82. The van der Waals surface area contributed by atoms with Crippen LogP contribution in [0, 0.1) is 0 Å². The number of hydrogen-bond acceptors (Lipinski definition) is 12. The van der Waals surface area contributed by atoms with Crippen molar-refractivity contribution in [3.8, 4) is 23.0 Å². The van der Waals surface area contributed by atoms with E-state index in [1.54, 1.807) is 0 Å². The molecule has 352 valence electrons. The van der Waals surface area contributed by atoms with Gasteiger partial charge >= 0.3 is 24.3 Å². The van der Waals surface area contributed by atoms with Gasteiger partial charge in [-0.2, -0.15) is 26.3 Å². The van der Waals surface area contributed by atoms with E-state index >= 15 is 0 Å². The molecule has 0 spiro atoms. The molecule has 18 heteroatoms. The molecule has 0 aliphatic rings. The standard InChI is InChI=1S/C49H44F6N2O10/c50-47(51,52)25-1-27-64-37-15-19-39(20-16-37)66-45(60)33-9-3-31(4-10-33)7-14-36(58)30-42(41-23-13-35(56)29-43(41)57)49(62,63)44(59)24-8-32-5-11-34(12-6-32)46(61)67-40-21-17-38(18-22-40)65-28-2-26-48(53,54)55/h3-24,29,42,62-63H,1-2,25-28,30,56-57H2. The molecule has 0 radical (unpaired) electrons. The molecule has 0 saturated carbocycles. The first-order valence-electron chi connectivity index (χ1n) is 20.4. The quantitative estimate of drug-likeness (QED) is 0.0104. The van der Waals surface area contributed by atoms with Crippen molar-refractivity contribution in [2.75, 3.05) is 24.7 Å². The lowest BCUT2D eigenvalue weighted by Crippen LogP contribution is -2.44. The highest BCUT2D eigenvalue weighted by Gasteiger charge is 2.43. The number of ether oxygens (including phenoxy) is 4. The van der Waals surface area contributed by atoms with Crippen molar-refractivity contribution >= 4 is 47.0 Å². The van der Waals surface area contributed by atoms with Gasteiger partial charge in [-0.3, -0.25) is 9.59 Å². The molecule has 67 heavy (non-hydrogen) atoms. The number of aliphatic hydroxyl groups is 2. The van der Waals surface area contributed by atoms with Gasteiger partial charge in [-0.05, 0) is 127 Å². The molecule has 0 saturated heterocycles. The van der Waals surface area contributed by atoms with Gasteiger partial charge in [0.15, 0.2) is 5.78 Å². The molecular formula is C49H44F6N2O10. The molecule has 5 rings (SSSR count). The fourth-order valence-corrected chi connectivity index (χ4v) is 6.23. The molecule has 0 heterocycles. The summed E-state index contributed by atoms with van der Waals surface area (Å²) in [5.74, 6) is -7.14. The molecule has 0 fully saturated rings. The molecular weight excluding hydrogens is 891 g/mol. The van der Waals surface area contributed by atoms with Gasteiger partial charge in [-0.25, -0.2) is 9.59 Å². The zero-order valence-electron chi connectivity index (χ0n) is 35.4. The van der Waals surface area contributed by atoms with Crippen LogP contribution in [0.15, 0.2) is 127 Å². The molecule has 0 aromatic heterocycles. The molecule has 5 aromatic carbocycles. The summed E-state index contributed by atoms with van der Waals surface area (Å²) < 4.78 is 95.3. The summed E-state index contributed by atoms with van der Waals surface area (Å²) in [6.07, 6.45) is -6.81. The Labute approximate surface area is 380 Å². The molecule has 0 aliphatic heterocycles. The Morgan fingerprint density at radius 2 is 0.985 bits per heavy atom. The van der Waals surface area contributed by atoms with Gasteiger partial charge in [0.05, 0.1) is 30.3 Å². The van der Waals surface area contributed by atoms with Crippen molar-refractivity contribution in [2.24, 2.45) is 0 Å². The van der Waals surface area contributed by atoms with Gasteiger partial charge in [0, 0.05) is 30.6 Å². The number of allylic oxidation sites excluding steroid dienone is 1. The van der Waals surface area contributed by atoms with Crippen LogP contribution in [0.4, 0.5) is 37.7 Å². The average molecular weight is 935 g/mol. The Morgan fingerprint density at radius 1 is 0.567 bits per heavy atom. The summed E-state index contributed by atoms with van der Waals surface area (Å²) in [6, 6.07) is 27.2. The molecule has 0 amide bonds. The average Bonchev–Trinajstić information content (AvgIpc) is 3.28. The monoisotopic (exact) mass is 934 g/mol. The van der Waals surface area contributed by atoms with E-state index < -0.39 is 66.8 Å². The number of carbonyl (C=O) groups excluding carboxylic acids is 4. The zero-order valence-corrected chi connectivity index (χ0v) is 35.4. The second-order valence-electron chi connectivity index (χ2n) is 15.0. The van der Waals surface area contributed by atoms with Gasteiger partial charge in [-0.1, -0.05) is 42.5 Å². The van der Waals surface area contributed by atoms with Gasteiger partial charge < -0.3 is 40.6 Å². The number of esters is 2. The first-order chi connectivity index (χ1) is 31.6. The number of ketones is 2. The van der Waals surface area contributed by atoms with E-state index in [2.05, 4.69) is 0 Å². The van der Waals surface area contributed by atoms with Crippen LogP contribution in [0.2, 0.25) is 0 Å². The maximum absolute atomic E-state index is 13.4. The fraction of sp³-hybridized carbons (Fsp3) is 0.224. The number of alkyl halides is 6. The van der Waals surface area contributed by atoms with Gasteiger partial charge in [-0.15, -0.1) is 0 Å². The number of nitrogen functional groups attached to an aromatic ring is 2. The lowest BCUT2D eigenvalue weighted by Gasteiger charge is -2.30. The van der Waals surface area contributed by atoms with E-state index in [0.29, 0.717) is 22.6 Å². The Morgan fingerprint density at radius 3 is 1.40 bits per heavy atom. The Bertz CT molecular complexity index is 2540. The van der Waals surface area contributed by atoms with E-state index in [-0.39, 0.29) is 65.6 Å². The Hall–Kier alpha value is -7.44. The largest absolute Gasteiger partial charge is 0.494 e. The third-order valence-corrected chi connectivity index (χ3v) is 9.74. The van der Waals surface area contributed by atoms with Crippen molar-refractivity contribution < 1.29 is 74.7 Å². The minimum Gasteiger partial charge on any atom is -0.494 e. The van der Waals surface area contributed by atoms with Crippen LogP contribution in [0.1, 0.15) is 75.4 Å². The van der Waals surface area contributed by atoms with Crippen molar-refractivity contribution in [1.29, 1.82) is 0 Å². The molecule has 6 N–H and O–H groups in total. The highest BCUT2D eigenvalue weighted by atomic mass is 19.4. The van der Waals surface area contributed by atoms with Crippen molar-refractivity contribution in [1.82, 2.24) is 0 Å². The van der Waals surface area contributed by atoms with Crippen molar-refractivity contribution in [3.05, 3.63) is 155 Å². The maximum Gasteiger partial charge on any atom is 0.389 e. The predicted octanol–water partition coefficient (Wildman–Crippen LogP) is 9.45. The normalized spacial score (nSPS) is 12.5. The minimum absolute atomic E-state index is 0.00995. The number of benzene rings is 5. The third kappa shape index (κ3) is 16.2. The lowest BCUT2D eigenvalue weighted by molar-refractivity contribution is -0.187. The third-order valence-electron chi connectivity index (χ3n) is 9.74. The first-order valence-corrected chi connectivity index (χ1v) is 20.4. The zero-order chi connectivity index (χ0) is 48.8. The smallest absolute Gasteiger partial charge is 0.389 e. The number of anilines is 2.